The summed E-state index contributed by atoms with van der Waals surface area (Å²) in [6, 6.07) is 19.4. The summed E-state index contributed by atoms with van der Waals surface area (Å²) in [7, 11) is 0. The molecule has 2 aromatic carbocycles. The lowest BCUT2D eigenvalue weighted by atomic mass is 9.70. The van der Waals surface area contributed by atoms with Crippen LogP contribution in [0.2, 0.25) is 0 Å². The van der Waals surface area contributed by atoms with E-state index in [-0.39, 0.29) is 29.7 Å². The molecule has 5 rings (SSSR count). The van der Waals surface area contributed by atoms with Crippen LogP contribution in [0.1, 0.15) is 74.5 Å². The second kappa shape index (κ2) is 11.2. The van der Waals surface area contributed by atoms with Gasteiger partial charge in [-0.2, -0.15) is 5.26 Å². The minimum Gasteiger partial charge on any atom is -0.274 e. The van der Waals surface area contributed by atoms with Crippen LogP contribution in [-0.2, 0) is 16.0 Å². The number of nitriles is 1. The Labute approximate surface area is 215 Å². The predicted octanol–water partition coefficient (Wildman–Crippen LogP) is 6.55. The largest absolute Gasteiger partial charge is 0.274 e. The van der Waals surface area contributed by atoms with Crippen molar-refractivity contribution in [1.29, 1.82) is 5.26 Å². The second-order valence-corrected chi connectivity index (χ2v) is 10.9. The van der Waals surface area contributed by atoms with Crippen LogP contribution < -0.4 is 0 Å². The zero-order chi connectivity index (χ0) is 24.9. The van der Waals surface area contributed by atoms with Crippen molar-refractivity contribution in [2.24, 2.45) is 23.7 Å². The molecule has 36 heavy (non-hydrogen) atoms. The highest BCUT2D eigenvalue weighted by Crippen LogP contribution is 2.42. The number of imide groups is 1. The van der Waals surface area contributed by atoms with Crippen LogP contribution in [-0.4, -0.2) is 22.8 Å². The number of benzene rings is 2. The minimum absolute atomic E-state index is 0.0202. The van der Waals surface area contributed by atoms with E-state index < -0.39 is 0 Å². The van der Waals surface area contributed by atoms with Crippen molar-refractivity contribution in [2.45, 2.75) is 70.3 Å². The molecule has 0 aromatic heterocycles. The van der Waals surface area contributed by atoms with Gasteiger partial charge in [0.1, 0.15) is 0 Å². The SMILES string of the molecule is N#Cc1cccc(C[C@H]2C(=O)N(C(=O)C3CCC(C4CCCCC4)CC3)[C@@H]2/C=C/c2ccccc2)c1. The van der Waals surface area contributed by atoms with Gasteiger partial charge in [-0.25, -0.2) is 0 Å². The first-order valence-electron chi connectivity index (χ1n) is 13.7. The number of carbonyl (C=O) groups excluding carboxylic acids is 2. The fraction of sp³-hybridized carbons (Fsp3) is 0.469. The molecule has 3 aliphatic rings. The van der Waals surface area contributed by atoms with E-state index in [0.717, 1.165) is 48.6 Å². The van der Waals surface area contributed by atoms with E-state index in [2.05, 4.69) is 6.07 Å². The van der Waals surface area contributed by atoms with E-state index in [1.807, 2.05) is 60.7 Å². The van der Waals surface area contributed by atoms with Crippen molar-refractivity contribution in [3.05, 3.63) is 77.4 Å². The zero-order valence-corrected chi connectivity index (χ0v) is 21.0. The van der Waals surface area contributed by atoms with Crippen molar-refractivity contribution in [1.82, 2.24) is 4.90 Å². The molecular formula is C32H36N2O2. The van der Waals surface area contributed by atoms with Gasteiger partial charge in [0, 0.05) is 5.92 Å². The Morgan fingerprint density at radius 3 is 2.36 bits per heavy atom. The summed E-state index contributed by atoms with van der Waals surface area (Å²) in [5.74, 6) is 1.24. The molecule has 4 nitrogen and oxygen atoms in total. The van der Waals surface area contributed by atoms with Crippen molar-refractivity contribution in [3.63, 3.8) is 0 Å². The lowest BCUT2D eigenvalue weighted by Crippen LogP contribution is -2.64. The van der Waals surface area contributed by atoms with Gasteiger partial charge in [0.2, 0.25) is 11.8 Å². The average Bonchev–Trinajstić information content (AvgIpc) is 2.95. The van der Waals surface area contributed by atoms with Gasteiger partial charge in [-0.05, 0) is 67.2 Å². The fourth-order valence-electron chi connectivity index (χ4n) is 6.69. The summed E-state index contributed by atoms with van der Waals surface area (Å²) in [4.78, 5) is 28.5. The third-order valence-electron chi connectivity index (χ3n) is 8.74. The summed E-state index contributed by atoms with van der Waals surface area (Å²) < 4.78 is 0. The summed E-state index contributed by atoms with van der Waals surface area (Å²) in [5.41, 5.74) is 2.62. The molecule has 186 valence electrons. The number of nitrogens with zero attached hydrogens (tertiary/aromatic N) is 2. The molecule has 1 aliphatic heterocycles. The summed E-state index contributed by atoms with van der Waals surface area (Å²) in [6.07, 6.45) is 15.5. The molecule has 1 saturated heterocycles. The molecule has 2 saturated carbocycles. The molecule has 2 amide bonds. The quantitative estimate of drug-likeness (QED) is 0.348. The van der Waals surface area contributed by atoms with E-state index in [0.29, 0.717) is 12.0 Å². The number of carbonyl (C=O) groups is 2. The molecule has 2 aromatic rings. The molecule has 0 spiro atoms. The van der Waals surface area contributed by atoms with E-state index in [1.54, 1.807) is 11.0 Å². The Hall–Kier alpha value is -3.19. The number of hydrogen-bond donors (Lipinski definition) is 0. The van der Waals surface area contributed by atoms with Gasteiger partial charge in [0.15, 0.2) is 0 Å². The summed E-state index contributed by atoms with van der Waals surface area (Å²) in [6.45, 7) is 0. The first kappa shape index (κ1) is 24.5. The number of rotatable bonds is 6. The van der Waals surface area contributed by atoms with Crippen molar-refractivity contribution in [2.75, 3.05) is 0 Å². The third kappa shape index (κ3) is 5.31. The third-order valence-corrected chi connectivity index (χ3v) is 8.74. The van der Waals surface area contributed by atoms with Gasteiger partial charge in [-0.15, -0.1) is 0 Å². The Morgan fingerprint density at radius 2 is 1.64 bits per heavy atom. The average molecular weight is 481 g/mol. The molecule has 0 unspecified atom stereocenters. The van der Waals surface area contributed by atoms with Gasteiger partial charge in [-0.3, -0.25) is 14.5 Å². The maximum Gasteiger partial charge on any atom is 0.235 e. The van der Waals surface area contributed by atoms with Crippen LogP contribution in [0.3, 0.4) is 0 Å². The molecule has 0 bridgehead atoms. The molecule has 1 heterocycles. The highest BCUT2D eigenvalue weighted by molar-refractivity contribution is 6.03. The Morgan fingerprint density at radius 1 is 0.917 bits per heavy atom. The van der Waals surface area contributed by atoms with Crippen LogP contribution in [0.5, 0.6) is 0 Å². The van der Waals surface area contributed by atoms with Gasteiger partial charge in [-0.1, -0.05) is 86.7 Å². The van der Waals surface area contributed by atoms with Crippen LogP contribution in [0.15, 0.2) is 60.7 Å². The molecule has 3 fully saturated rings. The van der Waals surface area contributed by atoms with E-state index in [9.17, 15) is 14.9 Å². The Kier molecular flexibility index (Phi) is 7.66. The van der Waals surface area contributed by atoms with Crippen molar-refractivity contribution < 1.29 is 9.59 Å². The van der Waals surface area contributed by atoms with E-state index in [1.165, 1.54) is 32.1 Å². The number of likely N-dealkylation sites (tertiary alicyclic amines) is 1. The van der Waals surface area contributed by atoms with Gasteiger partial charge >= 0.3 is 0 Å². The maximum absolute atomic E-state index is 13.6. The van der Waals surface area contributed by atoms with Gasteiger partial charge in [0.05, 0.1) is 23.6 Å². The van der Waals surface area contributed by atoms with Crippen molar-refractivity contribution in [3.8, 4) is 6.07 Å². The standard InChI is InChI=1S/C32H36N2O2/c33-22-25-11-7-10-24(20-25)21-29-30(19-14-23-8-3-1-4-9-23)34(32(29)36)31(35)28-17-15-27(16-18-28)26-12-5-2-6-13-26/h1,3-4,7-11,14,19-20,26-30H,2,5-6,12-13,15-18,21H2/b19-14+/t27?,28?,29-,30-/m1/s1. The Bertz CT molecular complexity index is 1130. The van der Waals surface area contributed by atoms with Crippen LogP contribution in [0, 0.1) is 35.0 Å². The highest BCUT2D eigenvalue weighted by atomic mass is 16.2. The molecule has 2 atom stereocenters. The molecule has 0 radical (unpaired) electrons. The minimum atomic E-state index is -0.276. The second-order valence-electron chi connectivity index (χ2n) is 10.9. The fourth-order valence-corrected chi connectivity index (χ4v) is 6.69. The molecule has 4 heteroatoms. The monoisotopic (exact) mass is 480 g/mol. The molecular weight excluding hydrogens is 444 g/mol. The highest BCUT2D eigenvalue weighted by Gasteiger charge is 2.50. The lowest BCUT2D eigenvalue weighted by molar-refractivity contribution is -0.166. The lowest BCUT2D eigenvalue weighted by Gasteiger charge is -2.46. The number of β-lactam (4-membered cyclic amide) rings is 1. The number of amides is 2. The zero-order valence-electron chi connectivity index (χ0n) is 21.0. The van der Waals surface area contributed by atoms with E-state index >= 15 is 0 Å². The van der Waals surface area contributed by atoms with Gasteiger partial charge < -0.3 is 0 Å². The van der Waals surface area contributed by atoms with Crippen LogP contribution in [0.25, 0.3) is 6.08 Å². The Balaban J connectivity index is 1.29. The van der Waals surface area contributed by atoms with Crippen LogP contribution in [0.4, 0.5) is 0 Å². The normalized spacial score (nSPS) is 27.0. The van der Waals surface area contributed by atoms with Crippen LogP contribution >= 0.6 is 0 Å². The predicted molar refractivity (Wildman–Crippen MR) is 141 cm³/mol. The molecule has 0 N–H and O–H groups in total. The summed E-state index contributed by atoms with van der Waals surface area (Å²) in [5, 5.41) is 9.26. The number of hydrogen-bond acceptors (Lipinski definition) is 3. The first-order chi connectivity index (χ1) is 17.6. The summed E-state index contributed by atoms with van der Waals surface area (Å²) >= 11 is 0. The van der Waals surface area contributed by atoms with Crippen molar-refractivity contribution >= 4 is 17.9 Å². The topological polar surface area (TPSA) is 61.2 Å². The van der Waals surface area contributed by atoms with Gasteiger partial charge in [0.25, 0.3) is 0 Å². The molecule has 2 aliphatic carbocycles. The first-order valence-corrected chi connectivity index (χ1v) is 13.7. The maximum atomic E-state index is 13.6. The van der Waals surface area contributed by atoms with E-state index in [4.69, 9.17) is 0 Å². The smallest absolute Gasteiger partial charge is 0.235 e.